The zero-order chi connectivity index (χ0) is 14.9. The Bertz CT molecular complexity index is 615. The summed E-state index contributed by atoms with van der Waals surface area (Å²) in [6.07, 6.45) is 1.43. The van der Waals surface area contributed by atoms with Gasteiger partial charge in [-0.3, -0.25) is 10.1 Å². The molecule has 112 valence electrons. The van der Waals surface area contributed by atoms with E-state index in [0.717, 1.165) is 12.5 Å². The SMILES string of the molecule is O=[N+]([O-])c1cc(S(=O)(=O)N2CCCC(CO)C2)sc1Cl. The molecule has 0 radical (unpaired) electrons. The summed E-state index contributed by atoms with van der Waals surface area (Å²) in [6.45, 7) is 0.502. The summed E-state index contributed by atoms with van der Waals surface area (Å²) in [7, 11) is -3.79. The van der Waals surface area contributed by atoms with Crippen LogP contribution in [0.4, 0.5) is 5.69 Å². The number of nitrogens with zero attached hydrogens (tertiary/aromatic N) is 2. The first-order valence-electron chi connectivity index (χ1n) is 5.91. The van der Waals surface area contributed by atoms with E-state index < -0.39 is 20.6 Å². The second-order valence-corrected chi connectivity index (χ2v) is 8.35. The lowest BCUT2D eigenvalue weighted by atomic mass is 10.0. The first-order chi connectivity index (χ1) is 9.36. The zero-order valence-corrected chi connectivity index (χ0v) is 12.7. The van der Waals surface area contributed by atoms with Gasteiger partial charge in [0.15, 0.2) is 4.34 Å². The van der Waals surface area contributed by atoms with Gasteiger partial charge >= 0.3 is 0 Å². The highest BCUT2D eigenvalue weighted by molar-refractivity contribution is 7.91. The minimum absolute atomic E-state index is 0.0721. The summed E-state index contributed by atoms with van der Waals surface area (Å²) in [6, 6.07) is 0.991. The van der Waals surface area contributed by atoms with Gasteiger partial charge in [-0.05, 0) is 18.8 Å². The van der Waals surface area contributed by atoms with Crippen molar-refractivity contribution in [2.24, 2.45) is 5.92 Å². The van der Waals surface area contributed by atoms with Crippen LogP contribution in [0.5, 0.6) is 0 Å². The van der Waals surface area contributed by atoms with Gasteiger partial charge < -0.3 is 5.11 Å². The lowest BCUT2D eigenvalue weighted by molar-refractivity contribution is -0.384. The van der Waals surface area contributed by atoms with Crippen LogP contribution < -0.4 is 0 Å². The van der Waals surface area contributed by atoms with Gasteiger partial charge in [0.25, 0.3) is 15.7 Å². The minimum Gasteiger partial charge on any atom is -0.396 e. The summed E-state index contributed by atoms with van der Waals surface area (Å²) in [4.78, 5) is 10.0. The summed E-state index contributed by atoms with van der Waals surface area (Å²) < 4.78 is 25.8. The number of thiophene rings is 1. The molecule has 0 bridgehead atoms. The maximum absolute atomic E-state index is 12.4. The number of piperidine rings is 1. The number of hydrogen-bond donors (Lipinski definition) is 1. The molecule has 0 aliphatic carbocycles. The third kappa shape index (κ3) is 2.96. The van der Waals surface area contributed by atoms with Crippen molar-refractivity contribution < 1.29 is 18.4 Å². The number of hydrogen-bond acceptors (Lipinski definition) is 6. The van der Waals surface area contributed by atoms with Crippen LogP contribution in [-0.2, 0) is 10.0 Å². The van der Waals surface area contributed by atoms with E-state index in [2.05, 4.69) is 0 Å². The van der Waals surface area contributed by atoms with E-state index in [1.807, 2.05) is 0 Å². The van der Waals surface area contributed by atoms with Crippen LogP contribution in [-0.4, -0.2) is 42.4 Å². The van der Waals surface area contributed by atoms with Crippen LogP contribution in [0.25, 0.3) is 0 Å². The highest BCUT2D eigenvalue weighted by Gasteiger charge is 2.33. The van der Waals surface area contributed by atoms with Crippen molar-refractivity contribution in [3.63, 3.8) is 0 Å². The van der Waals surface area contributed by atoms with Crippen LogP contribution in [0.2, 0.25) is 4.34 Å². The Balaban J connectivity index is 2.30. The molecular weight excluding hydrogens is 328 g/mol. The number of halogens is 1. The van der Waals surface area contributed by atoms with Crippen molar-refractivity contribution in [1.82, 2.24) is 4.31 Å². The first kappa shape index (κ1) is 15.6. The molecule has 1 aliphatic rings. The Kier molecular flexibility index (Phi) is 4.65. The van der Waals surface area contributed by atoms with Gasteiger partial charge in [0, 0.05) is 25.8 Å². The first-order valence-corrected chi connectivity index (χ1v) is 8.54. The van der Waals surface area contributed by atoms with E-state index in [1.165, 1.54) is 4.31 Å². The molecular formula is C10H13ClN2O5S2. The molecule has 10 heteroatoms. The summed E-state index contributed by atoms with van der Waals surface area (Å²) in [5, 5.41) is 19.9. The molecule has 1 aromatic heterocycles. The maximum atomic E-state index is 12.4. The Morgan fingerprint density at radius 1 is 1.60 bits per heavy atom. The largest absolute Gasteiger partial charge is 0.396 e. The molecule has 1 aliphatic heterocycles. The lowest BCUT2D eigenvalue weighted by Crippen LogP contribution is -2.40. The van der Waals surface area contributed by atoms with Crippen LogP contribution in [0.15, 0.2) is 10.3 Å². The van der Waals surface area contributed by atoms with Gasteiger partial charge in [0.05, 0.1) is 4.92 Å². The van der Waals surface area contributed by atoms with Crippen LogP contribution in [0.1, 0.15) is 12.8 Å². The van der Waals surface area contributed by atoms with Crippen molar-refractivity contribution in [3.05, 3.63) is 20.5 Å². The molecule has 2 rings (SSSR count). The van der Waals surface area contributed by atoms with Gasteiger partial charge in [-0.25, -0.2) is 8.42 Å². The number of nitro groups is 1. The molecule has 0 saturated carbocycles. The van der Waals surface area contributed by atoms with Crippen molar-refractivity contribution in [1.29, 1.82) is 0 Å². The molecule has 0 aromatic carbocycles. The fraction of sp³-hybridized carbons (Fsp3) is 0.600. The van der Waals surface area contributed by atoms with Gasteiger partial charge in [-0.2, -0.15) is 4.31 Å². The highest BCUT2D eigenvalue weighted by atomic mass is 35.5. The maximum Gasteiger partial charge on any atom is 0.300 e. The normalized spacial score (nSPS) is 21.0. The van der Waals surface area contributed by atoms with Gasteiger partial charge in [-0.15, -0.1) is 11.3 Å². The second-order valence-electron chi connectivity index (χ2n) is 4.54. The van der Waals surface area contributed by atoms with Gasteiger partial charge in [-0.1, -0.05) is 11.6 Å². The van der Waals surface area contributed by atoms with Crippen molar-refractivity contribution >= 4 is 38.6 Å². The molecule has 7 nitrogen and oxygen atoms in total. The van der Waals surface area contributed by atoms with Crippen molar-refractivity contribution in [2.45, 2.75) is 17.1 Å². The van der Waals surface area contributed by atoms with E-state index in [9.17, 15) is 18.5 Å². The Hall–Kier alpha value is -0.740. The second kappa shape index (κ2) is 5.94. The fourth-order valence-electron chi connectivity index (χ4n) is 2.11. The molecule has 0 spiro atoms. The Labute approximate surface area is 125 Å². The third-order valence-corrected chi connectivity index (χ3v) is 6.83. The average Bonchev–Trinajstić information content (AvgIpc) is 2.82. The quantitative estimate of drug-likeness (QED) is 0.664. The predicted octanol–water partition coefficient (Wildman–Crippen LogP) is 1.70. The zero-order valence-electron chi connectivity index (χ0n) is 10.4. The molecule has 1 aromatic rings. The molecule has 1 saturated heterocycles. The molecule has 0 amide bonds. The summed E-state index contributed by atoms with van der Waals surface area (Å²) in [5.41, 5.74) is -0.397. The molecule has 2 heterocycles. The monoisotopic (exact) mass is 340 g/mol. The fourth-order valence-corrected chi connectivity index (χ4v) is 5.49. The topological polar surface area (TPSA) is 101 Å². The highest BCUT2D eigenvalue weighted by Crippen LogP contribution is 2.38. The standard InChI is InChI=1S/C10H13ClN2O5S2/c11-10-8(13(15)16)4-9(19-10)20(17,18)12-3-1-2-7(5-12)6-14/h4,7,14H,1-3,5-6H2. The Morgan fingerprint density at radius 2 is 2.30 bits per heavy atom. The smallest absolute Gasteiger partial charge is 0.300 e. The number of aliphatic hydroxyl groups excluding tert-OH is 1. The average molecular weight is 341 g/mol. The van der Waals surface area contributed by atoms with E-state index in [0.29, 0.717) is 24.3 Å². The lowest BCUT2D eigenvalue weighted by Gasteiger charge is -2.30. The molecule has 1 N–H and O–H groups in total. The van der Waals surface area contributed by atoms with E-state index >= 15 is 0 Å². The van der Waals surface area contributed by atoms with Crippen molar-refractivity contribution in [3.8, 4) is 0 Å². The van der Waals surface area contributed by atoms with Crippen molar-refractivity contribution in [2.75, 3.05) is 19.7 Å². The summed E-state index contributed by atoms with van der Waals surface area (Å²) >= 11 is 6.38. The number of sulfonamides is 1. The van der Waals surface area contributed by atoms with Crippen LogP contribution in [0, 0.1) is 16.0 Å². The van der Waals surface area contributed by atoms with Gasteiger partial charge in [0.1, 0.15) is 4.21 Å². The van der Waals surface area contributed by atoms with Crippen LogP contribution in [0.3, 0.4) is 0 Å². The van der Waals surface area contributed by atoms with E-state index in [4.69, 9.17) is 16.7 Å². The molecule has 1 atom stereocenters. The van der Waals surface area contributed by atoms with E-state index in [1.54, 1.807) is 0 Å². The van der Waals surface area contributed by atoms with Crippen LogP contribution >= 0.6 is 22.9 Å². The van der Waals surface area contributed by atoms with Gasteiger partial charge in [0.2, 0.25) is 0 Å². The molecule has 1 fully saturated rings. The van der Waals surface area contributed by atoms with E-state index in [-0.39, 0.29) is 27.6 Å². The predicted molar refractivity (Wildman–Crippen MR) is 74.6 cm³/mol. The summed E-state index contributed by atoms with van der Waals surface area (Å²) in [5.74, 6) is -0.0936. The number of rotatable bonds is 4. The minimum atomic E-state index is -3.79. The molecule has 20 heavy (non-hydrogen) atoms. The number of aliphatic hydroxyl groups is 1. The molecule has 1 unspecified atom stereocenters. The third-order valence-electron chi connectivity index (χ3n) is 3.18. The Morgan fingerprint density at radius 3 is 2.85 bits per heavy atom.